The molecule has 3 aromatic carbocycles. The maximum atomic E-state index is 13.3. The topological polar surface area (TPSA) is 214 Å². The first kappa shape index (κ1) is 37.7. The Bertz CT molecular complexity index is 1650. The summed E-state index contributed by atoms with van der Waals surface area (Å²) in [6.45, 7) is 2.21. The van der Waals surface area contributed by atoms with E-state index < -0.39 is 85.1 Å². The first-order valence-electron chi connectivity index (χ1n) is 15.5. The third-order valence-electron chi connectivity index (χ3n) is 7.39. The lowest BCUT2D eigenvalue weighted by molar-refractivity contribution is -0.149. The number of rotatable bonds is 18. The molecule has 0 radical (unpaired) electrons. The predicted molar refractivity (Wildman–Crippen MR) is 175 cm³/mol. The van der Waals surface area contributed by atoms with Crippen LogP contribution >= 0.6 is 0 Å². The normalized spacial score (nSPS) is 12.6. The van der Waals surface area contributed by atoms with Crippen LogP contribution in [-0.4, -0.2) is 76.5 Å². The van der Waals surface area contributed by atoms with Crippen LogP contribution in [0.2, 0.25) is 0 Å². The standard InChI is InChI=1S/C35H39N3O11/c1-21(2)32(38-33(45)26(15-16-29(40)41)37-35(47)49-19-22-9-4-3-5-10-22)34(46)36-27(18-30(42)43)28(39)20-48-31(44)17-24-13-8-12-23-11-6-7-14-25(23)24/h3-14,21,26-27,32H,15-20H2,1-2H3,(H,36,46)(H,37,47)(H,38,45)(H,40,41)(H,42,43). The summed E-state index contributed by atoms with van der Waals surface area (Å²) in [5.74, 6) is -6.71. The Kier molecular flexibility index (Phi) is 14.2. The molecule has 0 fully saturated rings. The van der Waals surface area contributed by atoms with Gasteiger partial charge in [0.1, 0.15) is 24.7 Å². The van der Waals surface area contributed by atoms with E-state index in [1.54, 1.807) is 56.3 Å². The smallest absolute Gasteiger partial charge is 0.408 e. The van der Waals surface area contributed by atoms with E-state index in [1.165, 1.54) is 0 Å². The summed E-state index contributed by atoms with van der Waals surface area (Å²) in [4.78, 5) is 87.3. The Morgan fingerprint density at radius 1 is 0.714 bits per heavy atom. The van der Waals surface area contributed by atoms with Crippen LogP contribution < -0.4 is 16.0 Å². The van der Waals surface area contributed by atoms with Crippen molar-refractivity contribution in [3.63, 3.8) is 0 Å². The lowest BCUT2D eigenvalue weighted by atomic mass is 10.0. The molecule has 3 aromatic rings. The molecule has 0 spiro atoms. The maximum Gasteiger partial charge on any atom is 0.408 e. The van der Waals surface area contributed by atoms with Crippen LogP contribution in [0.25, 0.3) is 10.8 Å². The molecule has 49 heavy (non-hydrogen) atoms. The highest BCUT2D eigenvalue weighted by Crippen LogP contribution is 2.19. The van der Waals surface area contributed by atoms with E-state index in [1.807, 2.05) is 30.3 Å². The molecule has 5 N–H and O–H groups in total. The van der Waals surface area contributed by atoms with Crippen LogP contribution in [0.5, 0.6) is 0 Å². The van der Waals surface area contributed by atoms with E-state index in [4.69, 9.17) is 14.6 Å². The van der Waals surface area contributed by atoms with E-state index in [9.17, 15) is 38.7 Å². The van der Waals surface area contributed by atoms with Crippen LogP contribution in [0.1, 0.15) is 44.2 Å². The van der Waals surface area contributed by atoms with E-state index >= 15 is 0 Å². The second-order valence-corrected chi connectivity index (χ2v) is 11.5. The molecule has 0 heterocycles. The van der Waals surface area contributed by atoms with Gasteiger partial charge in [0.05, 0.1) is 12.8 Å². The lowest BCUT2D eigenvalue weighted by Crippen LogP contribution is -2.58. The van der Waals surface area contributed by atoms with E-state index in [0.29, 0.717) is 11.1 Å². The van der Waals surface area contributed by atoms with Crippen molar-refractivity contribution < 1.29 is 53.2 Å². The SMILES string of the molecule is CC(C)C(NC(=O)C(CCC(=O)O)NC(=O)OCc1ccccc1)C(=O)NC(CC(=O)O)C(=O)COC(=O)Cc1cccc2ccccc12. The van der Waals surface area contributed by atoms with Crippen LogP contribution in [0.4, 0.5) is 4.79 Å². The minimum Gasteiger partial charge on any atom is -0.481 e. The second kappa shape index (κ2) is 18.5. The van der Waals surface area contributed by atoms with E-state index in [2.05, 4.69) is 16.0 Å². The molecular formula is C35H39N3O11. The summed E-state index contributed by atoms with van der Waals surface area (Å²) in [6, 6.07) is 17.1. The highest BCUT2D eigenvalue weighted by atomic mass is 16.5. The van der Waals surface area contributed by atoms with Crippen molar-refractivity contribution in [3.8, 4) is 0 Å². The molecule has 0 saturated heterocycles. The maximum absolute atomic E-state index is 13.3. The number of esters is 1. The van der Waals surface area contributed by atoms with Gasteiger partial charge in [-0.05, 0) is 34.2 Å². The summed E-state index contributed by atoms with van der Waals surface area (Å²) in [6.07, 6.45) is -2.81. The number of alkyl carbamates (subject to hydrolysis) is 1. The molecule has 3 amide bonds. The molecule has 0 saturated carbocycles. The van der Waals surface area contributed by atoms with Gasteiger partial charge in [0.25, 0.3) is 0 Å². The number of carbonyl (C=O) groups is 7. The zero-order valence-corrected chi connectivity index (χ0v) is 27.0. The van der Waals surface area contributed by atoms with Crippen molar-refractivity contribution in [3.05, 3.63) is 83.9 Å². The summed E-state index contributed by atoms with van der Waals surface area (Å²) in [5, 5.41) is 27.4. The first-order chi connectivity index (χ1) is 23.3. The molecule has 0 bridgehead atoms. The number of amides is 3. The molecule has 0 aromatic heterocycles. The van der Waals surface area contributed by atoms with Gasteiger partial charge in [-0.3, -0.25) is 28.8 Å². The van der Waals surface area contributed by atoms with Crippen LogP contribution in [0.15, 0.2) is 72.8 Å². The zero-order valence-electron chi connectivity index (χ0n) is 27.0. The summed E-state index contributed by atoms with van der Waals surface area (Å²) in [5.41, 5.74) is 1.34. The van der Waals surface area contributed by atoms with Crippen molar-refractivity contribution in [2.45, 2.75) is 64.3 Å². The van der Waals surface area contributed by atoms with E-state index in [0.717, 1.165) is 10.8 Å². The number of fused-ring (bicyclic) bond motifs is 1. The quantitative estimate of drug-likeness (QED) is 0.123. The average Bonchev–Trinajstić information content (AvgIpc) is 3.06. The molecule has 0 aliphatic carbocycles. The minimum absolute atomic E-state index is 0.117. The van der Waals surface area contributed by atoms with E-state index in [-0.39, 0.29) is 19.4 Å². The van der Waals surface area contributed by atoms with Crippen molar-refractivity contribution in [2.24, 2.45) is 5.92 Å². The summed E-state index contributed by atoms with van der Waals surface area (Å²) >= 11 is 0. The monoisotopic (exact) mass is 677 g/mol. The third kappa shape index (κ3) is 12.4. The number of nitrogens with one attached hydrogen (secondary N) is 3. The van der Waals surface area contributed by atoms with Crippen molar-refractivity contribution in [1.29, 1.82) is 0 Å². The van der Waals surface area contributed by atoms with Gasteiger partial charge in [0.2, 0.25) is 11.8 Å². The number of aliphatic carboxylic acids is 2. The molecule has 260 valence electrons. The molecular weight excluding hydrogens is 638 g/mol. The number of carboxylic acids is 2. The zero-order chi connectivity index (χ0) is 35.9. The first-order valence-corrected chi connectivity index (χ1v) is 15.5. The molecule has 0 aliphatic heterocycles. The van der Waals surface area contributed by atoms with Gasteiger partial charge in [-0.2, -0.15) is 0 Å². The number of ether oxygens (including phenoxy) is 2. The molecule has 3 rings (SSSR count). The fourth-order valence-corrected chi connectivity index (χ4v) is 4.82. The van der Waals surface area contributed by atoms with Gasteiger partial charge < -0.3 is 35.6 Å². The Hall–Kier alpha value is -5.79. The highest BCUT2D eigenvalue weighted by molar-refractivity contribution is 5.97. The van der Waals surface area contributed by atoms with Gasteiger partial charge in [-0.25, -0.2) is 4.79 Å². The van der Waals surface area contributed by atoms with Gasteiger partial charge in [-0.15, -0.1) is 0 Å². The Morgan fingerprint density at radius 2 is 1.39 bits per heavy atom. The number of hydrogen-bond donors (Lipinski definition) is 5. The van der Waals surface area contributed by atoms with Gasteiger partial charge >= 0.3 is 24.0 Å². The summed E-state index contributed by atoms with van der Waals surface area (Å²) in [7, 11) is 0. The molecule has 3 atom stereocenters. The fraction of sp³-hybridized carbons (Fsp3) is 0.343. The van der Waals surface area contributed by atoms with Gasteiger partial charge in [0, 0.05) is 6.42 Å². The number of ketones is 1. The number of benzene rings is 3. The average molecular weight is 678 g/mol. The third-order valence-corrected chi connectivity index (χ3v) is 7.39. The predicted octanol–water partition coefficient (Wildman–Crippen LogP) is 2.75. The highest BCUT2D eigenvalue weighted by Gasteiger charge is 2.33. The number of carboxylic acid groups (broad SMARTS) is 2. The number of Topliss-reactive ketones (excluding diaryl/α,β-unsaturated/α-hetero) is 1. The van der Waals surface area contributed by atoms with Crippen molar-refractivity contribution in [1.82, 2.24) is 16.0 Å². The van der Waals surface area contributed by atoms with Gasteiger partial charge in [0.15, 0.2) is 12.4 Å². The van der Waals surface area contributed by atoms with Crippen molar-refractivity contribution >= 4 is 52.4 Å². The Morgan fingerprint density at radius 3 is 2.06 bits per heavy atom. The molecule has 14 nitrogen and oxygen atoms in total. The largest absolute Gasteiger partial charge is 0.481 e. The summed E-state index contributed by atoms with van der Waals surface area (Å²) < 4.78 is 10.3. The van der Waals surface area contributed by atoms with Crippen molar-refractivity contribution in [2.75, 3.05) is 6.61 Å². The van der Waals surface area contributed by atoms with Crippen LogP contribution in [-0.2, 0) is 51.3 Å². The van der Waals surface area contributed by atoms with Crippen LogP contribution in [0.3, 0.4) is 0 Å². The van der Waals surface area contributed by atoms with Crippen LogP contribution in [0, 0.1) is 5.92 Å². The number of hydrogen-bond acceptors (Lipinski definition) is 9. The van der Waals surface area contributed by atoms with Gasteiger partial charge in [-0.1, -0.05) is 86.6 Å². The number of carbonyl (C=O) groups excluding carboxylic acids is 5. The fourth-order valence-electron chi connectivity index (χ4n) is 4.82. The second-order valence-electron chi connectivity index (χ2n) is 11.5. The lowest BCUT2D eigenvalue weighted by Gasteiger charge is -2.26. The Labute approximate surface area is 282 Å². The molecule has 3 unspecified atom stereocenters. The molecule has 14 heteroatoms. The minimum atomic E-state index is -1.61. The molecule has 0 aliphatic rings. The Balaban J connectivity index is 1.63.